The fourth-order valence-electron chi connectivity index (χ4n) is 3.93. The summed E-state index contributed by atoms with van der Waals surface area (Å²) in [5.41, 5.74) is 1.02. The molecule has 0 aliphatic carbocycles. The molecule has 1 amide bonds. The summed E-state index contributed by atoms with van der Waals surface area (Å²) < 4.78 is 7.44. The van der Waals surface area contributed by atoms with Crippen LogP contribution in [0.4, 0.5) is 0 Å². The van der Waals surface area contributed by atoms with Crippen LogP contribution >= 0.6 is 0 Å². The minimum atomic E-state index is -0.613. The zero-order valence-corrected chi connectivity index (χ0v) is 17.7. The Morgan fingerprint density at radius 1 is 1.22 bits per heavy atom. The smallest absolute Gasteiger partial charge is 0.278 e. The molecule has 164 valence electrons. The Balaban J connectivity index is 1.97. The molecular weight excluding hydrogens is 408 g/mol. The monoisotopic (exact) mass is 432 g/mol. The Hall–Kier alpha value is -4.07. The first-order valence-corrected chi connectivity index (χ1v) is 10.3. The molecule has 2 aromatic heterocycles. The highest BCUT2D eigenvalue weighted by atomic mass is 16.5. The molecule has 0 unspecified atom stereocenters. The molecule has 0 fully saturated rings. The average molecular weight is 432 g/mol. The van der Waals surface area contributed by atoms with Crippen molar-refractivity contribution in [3.05, 3.63) is 101 Å². The molecule has 0 saturated heterocycles. The van der Waals surface area contributed by atoms with Crippen molar-refractivity contribution in [1.82, 2.24) is 14.6 Å². The van der Waals surface area contributed by atoms with Gasteiger partial charge < -0.3 is 14.7 Å². The van der Waals surface area contributed by atoms with Gasteiger partial charge in [0.1, 0.15) is 18.5 Å². The maximum atomic E-state index is 13.1. The van der Waals surface area contributed by atoms with Gasteiger partial charge in [0.2, 0.25) is 5.43 Å². The molecule has 32 heavy (non-hydrogen) atoms. The maximum absolute atomic E-state index is 13.1. The zero-order valence-electron chi connectivity index (χ0n) is 17.7. The number of para-hydroxylation sites is 1. The van der Waals surface area contributed by atoms with Gasteiger partial charge in [0, 0.05) is 36.8 Å². The third kappa shape index (κ3) is 3.71. The number of fused-ring (bicyclic) bond motifs is 1. The Kier molecular flexibility index (Phi) is 5.93. The summed E-state index contributed by atoms with van der Waals surface area (Å²) in [5.74, 6) is -0.332. The van der Waals surface area contributed by atoms with Crippen LogP contribution in [0.1, 0.15) is 34.6 Å². The number of hydrogen-bond acceptors (Lipinski definition) is 6. The van der Waals surface area contributed by atoms with Crippen LogP contribution in [0.2, 0.25) is 0 Å². The van der Waals surface area contributed by atoms with Crippen LogP contribution in [-0.4, -0.2) is 45.4 Å². The van der Waals surface area contributed by atoms with Gasteiger partial charge in [-0.2, -0.15) is 0 Å². The van der Waals surface area contributed by atoms with E-state index in [1.807, 2.05) is 48.3 Å². The maximum Gasteiger partial charge on any atom is 0.278 e. The molecule has 1 aromatic carbocycles. The molecular formula is C24H24N4O4. The highest BCUT2D eigenvalue weighted by Crippen LogP contribution is 2.36. The third-order valence-corrected chi connectivity index (χ3v) is 5.30. The standard InChI is InChI=1S/C24H24N4O4/c1-3-13-26-16-28(27-14-11-19(29)23(30)22(27)24(26)31)21(17-8-7-12-25-15-17)18-9-5-6-10-20(18)32-4-2/h3,5-12,14-15,21,30H,1,4,13,16H2,2H3/t21-/m0/s1. The normalized spacial score (nSPS) is 14.1. The summed E-state index contributed by atoms with van der Waals surface area (Å²) in [7, 11) is 0. The molecule has 0 radical (unpaired) electrons. The lowest BCUT2D eigenvalue weighted by molar-refractivity contribution is 0.0701. The first kappa shape index (κ1) is 21.2. The summed E-state index contributed by atoms with van der Waals surface area (Å²) in [6, 6.07) is 12.3. The predicted molar refractivity (Wildman–Crippen MR) is 120 cm³/mol. The number of rotatable bonds is 7. The van der Waals surface area contributed by atoms with Crippen molar-refractivity contribution in [3.63, 3.8) is 0 Å². The number of carbonyl (C=O) groups excluding carboxylic acids is 1. The third-order valence-electron chi connectivity index (χ3n) is 5.30. The molecule has 3 aromatic rings. The van der Waals surface area contributed by atoms with Crippen LogP contribution in [0, 0.1) is 0 Å². The minimum Gasteiger partial charge on any atom is -0.502 e. The molecule has 1 aliphatic rings. The Bertz CT molecular complexity index is 1190. The first-order valence-electron chi connectivity index (χ1n) is 10.3. The number of nitrogens with zero attached hydrogens (tertiary/aromatic N) is 4. The SMILES string of the molecule is C=CCN1CN([C@@H](c2cccnc2)c2ccccc2OCC)n2ccc(=O)c(O)c2C1=O. The molecule has 1 atom stereocenters. The molecule has 8 heteroatoms. The lowest BCUT2D eigenvalue weighted by Gasteiger charge is -2.43. The lowest BCUT2D eigenvalue weighted by Crippen LogP contribution is -2.55. The van der Waals surface area contributed by atoms with Crippen molar-refractivity contribution >= 4 is 5.91 Å². The largest absolute Gasteiger partial charge is 0.502 e. The van der Waals surface area contributed by atoms with E-state index in [1.165, 1.54) is 17.2 Å². The zero-order chi connectivity index (χ0) is 22.7. The molecule has 0 spiro atoms. The van der Waals surface area contributed by atoms with Crippen molar-refractivity contribution in [2.24, 2.45) is 0 Å². The van der Waals surface area contributed by atoms with E-state index in [-0.39, 0.29) is 18.9 Å². The molecule has 8 nitrogen and oxygen atoms in total. The molecule has 3 heterocycles. The van der Waals surface area contributed by atoms with Gasteiger partial charge in [-0.15, -0.1) is 6.58 Å². The van der Waals surface area contributed by atoms with Gasteiger partial charge in [-0.05, 0) is 24.6 Å². The first-order chi connectivity index (χ1) is 15.6. The predicted octanol–water partition coefficient (Wildman–Crippen LogP) is 2.67. The molecule has 4 rings (SSSR count). The number of aromatic nitrogens is 2. The van der Waals surface area contributed by atoms with Crippen molar-refractivity contribution < 1.29 is 14.6 Å². The fraction of sp³-hybridized carbons (Fsp3) is 0.208. The van der Waals surface area contributed by atoms with Gasteiger partial charge >= 0.3 is 0 Å². The molecule has 1 aliphatic heterocycles. The van der Waals surface area contributed by atoms with Crippen molar-refractivity contribution in [1.29, 1.82) is 0 Å². The van der Waals surface area contributed by atoms with Crippen molar-refractivity contribution in [3.8, 4) is 11.5 Å². The van der Waals surface area contributed by atoms with Gasteiger partial charge in [0.15, 0.2) is 11.4 Å². The van der Waals surface area contributed by atoms with Gasteiger partial charge in [0.05, 0.1) is 6.61 Å². The second-order valence-electron chi connectivity index (χ2n) is 7.28. The second kappa shape index (κ2) is 8.97. The molecule has 0 bridgehead atoms. The highest BCUT2D eigenvalue weighted by molar-refractivity contribution is 5.96. The number of benzene rings is 1. The van der Waals surface area contributed by atoms with E-state index in [4.69, 9.17) is 4.74 Å². The Morgan fingerprint density at radius 2 is 2.03 bits per heavy atom. The van der Waals surface area contributed by atoms with Crippen LogP contribution in [0.15, 0.2) is 78.5 Å². The summed E-state index contributed by atoms with van der Waals surface area (Å²) >= 11 is 0. The Labute approximate surface area is 185 Å². The van der Waals surface area contributed by atoms with E-state index in [9.17, 15) is 14.7 Å². The van der Waals surface area contributed by atoms with Crippen LogP contribution in [0.25, 0.3) is 0 Å². The number of amides is 1. The average Bonchev–Trinajstić information content (AvgIpc) is 2.81. The lowest BCUT2D eigenvalue weighted by atomic mass is 9.98. The van der Waals surface area contributed by atoms with E-state index in [1.54, 1.807) is 23.1 Å². The van der Waals surface area contributed by atoms with Gasteiger partial charge in [0.25, 0.3) is 5.91 Å². The van der Waals surface area contributed by atoms with E-state index in [2.05, 4.69) is 11.6 Å². The molecule has 1 N–H and O–H groups in total. The van der Waals surface area contributed by atoms with Crippen molar-refractivity contribution in [2.45, 2.75) is 13.0 Å². The fourth-order valence-corrected chi connectivity index (χ4v) is 3.93. The number of pyridine rings is 2. The van der Waals surface area contributed by atoms with Gasteiger partial charge in [-0.1, -0.05) is 30.3 Å². The topological polar surface area (TPSA) is 87.9 Å². The van der Waals surface area contributed by atoms with E-state index in [0.717, 1.165) is 11.1 Å². The van der Waals surface area contributed by atoms with E-state index < -0.39 is 23.1 Å². The Morgan fingerprint density at radius 3 is 2.75 bits per heavy atom. The summed E-state index contributed by atoms with van der Waals surface area (Å²) in [5, 5.41) is 12.4. The summed E-state index contributed by atoms with van der Waals surface area (Å²) in [6.45, 7) is 6.59. The van der Waals surface area contributed by atoms with E-state index >= 15 is 0 Å². The van der Waals surface area contributed by atoms with Crippen LogP contribution in [-0.2, 0) is 0 Å². The van der Waals surface area contributed by atoms with Crippen molar-refractivity contribution in [2.75, 3.05) is 24.8 Å². The van der Waals surface area contributed by atoms with Gasteiger partial charge in [-0.3, -0.25) is 24.3 Å². The van der Waals surface area contributed by atoms with E-state index in [0.29, 0.717) is 12.4 Å². The minimum absolute atomic E-state index is 0.0895. The van der Waals surface area contributed by atoms with Gasteiger partial charge in [-0.25, -0.2) is 0 Å². The summed E-state index contributed by atoms with van der Waals surface area (Å²) in [6.07, 6.45) is 6.56. The van der Waals surface area contributed by atoms with Crippen LogP contribution in [0.5, 0.6) is 11.5 Å². The number of hydrogen-bond donors (Lipinski definition) is 1. The number of carbonyl (C=O) groups is 1. The number of ether oxygens (including phenoxy) is 1. The van der Waals surface area contributed by atoms with Crippen LogP contribution in [0.3, 0.4) is 0 Å². The second-order valence-corrected chi connectivity index (χ2v) is 7.28. The number of aromatic hydroxyl groups is 1. The highest BCUT2D eigenvalue weighted by Gasteiger charge is 2.37. The van der Waals surface area contributed by atoms with Crippen LogP contribution < -0.4 is 15.2 Å². The quantitative estimate of drug-likeness (QED) is 0.578. The molecule has 0 saturated carbocycles. The summed E-state index contributed by atoms with van der Waals surface area (Å²) in [4.78, 5) is 31.0.